The maximum Gasteiger partial charge on any atom is 0.346 e. The first kappa shape index (κ1) is 32.0. The number of carbonyl (C=O) groups is 2. The van der Waals surface area contributed by atoms with Gasteiger partial charge in [0.2, 0.25) is 5.82 Å². The summed E-state index contributed by atoms with van der Waals surface area (Å²) in [4.78, 5) is 33.5. The number of benzene rings is 2. The second-order valence-electron chi connectivity index (χ2n) is 10.5. The molecule has 0 aliphatic carbocycles. The standard InChI is InChI=1S/C33H38F2N2O6/c1-3-5-6-7-8-9-10-13-19-40-26-18-17-24(28(34)29(26)35)32(38)43-25-16-12-11-15-23(25)31-36-20-22(21-37-31)41-33(39)30-27(42-30)14-4-2/h11-12,15-18,20-21,27,30H,3-10,13-14,19H2,1-2H3/t27-,30-/m1/s1. The predicted molar refractivity (Wildman–Crippen MR) is 156 cm³/mol. The summed E-state index contributed by atoms with van der Waals surface area (Å²) in [6.07, 6.45) is 12.4. The molecular formula is C33H38F2N2O6. The number of epoxide rings is 1. The smallest absolute Gasteiger partial charge is 0.346 e. The summed E-state index contributed by atoms with van der Waals surface area (Å²) in [6, 6.07) is 8.76. The fourth-order valence-corrected chi connectivity index (χ4v) is 4.65. The molecule has 1 aromatic heterocycles. The first-order chi connectivity index (χ1) is 20.9. The maximum atomic E-state index is 14.9. The molecule has 43 heavy (non-hydrogen) atoms. The van der Waals surface area contributed by atoms with E-state index in [1.165, 1.54) is 50.2 Å². The number of ether oxygens (including phenoxy) is 4. The molecule has 230 valence electrons. The van der Waals surface area contributed by atoms with E-state index < -0.39 is 35.2 Å². The number of halogens is 2. The van der Waals surface area contributed by atoms with Gasteiger partial charge in [-0.3, -0.25) is 0 Å². The Morgan fingerprint density at radius 3 is 2.23 bits per heavy atom. The van der Waals surface area contributed by atoms with Crippen LogP contribution in [0.3, 0.4) is 0 Å². The van der Waals surface area contributed by atoms with Crippen molar-refractivity contribution in [2.45, 2.75) is 90.3 Å². The summed E-state index contributed by atoms with van der Waals surface area (Å²) in [5, 5.41) is 0. The highest BCUT2D eigenvalue weighted by Gasteiger charge is 2.45. The molecule has 0 spiro atoms. The van der Waals surface area contributed by atoms with Gasteiger partial charge >= 0.3 is 11.9 Å². The minimum Gasteiger partial charge on any atom is -0.490 e. The van der Waals surface area contributed by atoms with Gasteiger partial charge in [0, 0.05) is 0 Å². The Kier molecular flexibility index (Phi) is 12.0. The zero-order valence-electron chi connectivity index (χ0n) is 24.7. The summed E-state index contributed by atoms with van der Waals surface area (Å²) in [7, 11) is 0. The van der Waals surface area contributed by atoms with Crippen LogP contribution < -0.4 is 14.2 Å². The van der Waals surface area contributed by atoms with Crippen molar-refractivity contribution in [2.75, 3.05) is 6.61 Å². The van der Waals surface area contributed by atoms with Crippen LogP contribution in [0.15, 0.2) is 48.8 Å². The van der Waals surface area contributed by atoms with Crippen molar-refractivity contribution in [3.05, 3.63) is 66.0 Å². The van der Waals surface area contributed by atoms with E-state index in [0.29, 0.717) is 5.56 Å². The number of esters is 2. The van der Waals surface area contributed by atoms with Crippen molar-refractivity contribution in [2.24, 2.45) is 0 Å². The number of para-hydroxylation sites is 1. The fraction of sp³-hybridized carbons (Fsp3) is 0.455. The van der Waals surface area contributed by atoms with Crippen LogP contribution >= 0.6 is 0 Å². The molecule has 0 radical (unpaired) electrons. The van der Waals surface area contributed by atoms with Crippen molar-refractivity contribution in [1.29, 1.82) is 0 Å². The zero-order valence-corrected chi connectivity index (χ0v) is 24.7. The second-order valence-corrected chi connectivity index (χ2v) is 10.5. The topological polar surface area (TPSA) is 100 Å². The minimum atomic E-state index is -1.35. The lowest BCUT2D eigenvalue weighted by molar-refractivity contribution is -0.135. The number of hydrogen-bond donors (Lipinski definition) is 0. The number of unbranched alkanes of at least 4 members (excludes halogenated alkanes) is 7. The molecule has 0 amide bonds. The van der Waals surface area contributed by atoms with Gasteiger partial charge in [0.15, 0.2) is 29.2 Å². The molecule has 0 saturated carbocycles. The molecule has 0 bridgehead atoms. The monoisotopic (exact) mass is 596 g/mol. The lowest BCUT2D eigenvalue weighted by Crippen LogP contribution is -2.17. The molecule has 0 N–H and O–H groups in total. The third kappa shape index (κ3) is 9.03. The van der Waals surface area contributed by atoms with E-state index in [2.05, 4.69) is 16.9 Å². The Labute approximate surface area is 250 Å². The van der Waals surface area contributed by atoms with Gasteiger partial charge < -0.3 is 18.9 Å². The van der Waals surface area contributed by atoms with Gasteiger partial charge in [-0.1, -0.05) is 77.3 Å². The van der Waals surface area contributed by atoms with Gasteiger partial charge in [-0.2, -0.15) is 4.39 Å². The molecule has 1 saturated heterocycles. The van der Waals surface area contributed by atoms with E-state index in [0.717, 1.165) is 44.6 Å². The molecule has 3 aromatic rings. The van der Waals surface area contributed by atoms with Gasteiger partial charge in [-0.15, -0.1) is 0 Å². The first-order valence-corrected chi connectivity index (χ1v) is 15.0. The van der Waals surface area contributed by atoms with E-state index >= 15 is 0 Å². The SMILES string of the molecule is CCCCCCCCCCOc1ccc(C(=O)Oc2ccccc2-c2ncc(OC(=O)[C@@H]3O[C@@H]3CCC)cn2)c(F)c1F. The Balaban J connectivity index is 1.32. The van der Waals surface area contributed by atoms with E-state index in [1.54, 1.807) is 18.2 Å². The average Bonchev–Trinajstić information content (AvgIpc) is 3.79. The van der Waals surface area contributed by atoms with Crippen molar-refractivity contribution in [3.8, 4) is 28.6 Å². The Morgan fingerprint density at radius 2 is 1.51 bits per heavy atom. The number of aromatic nitrogens is 2. The largest absolute Gasteiger partial charge is 0.490 e. The van der Waals surface area contributed by atoms with Gasteiger partial charge in [0.25, 0.3) is 0 Å². The van der Waals surface area contributed by atoms with Crippen LogP contribution in [0.25, 0.3) is 11.4 Å². The molecule has 8 nitrogen and oxygen atoms in total. The van der Waals surface area contributed by atoms with E-state index in [-0.39, 0.29) is 35.8 Å². The van der Waals surface area contributed by atoms with Crippen molar-refractivity contribution < 1.29 is 37.3 Å². The Hall–Kier alpha value is -3.92. The van der Waals surface area contributed by atoms with Gasteiger partial charge in [-0.25, -0.2) is 23.9 Å². The minimum absolute atomic E-state index is 0.0425. The lowest BCUT2D eigenvalue weighted by Gasteiger charge is -2.12. The van der Waals surface area contributed by atoms with Gasteiger partial charge in [0.1, 0.15) is 5.75 Å². The van der Waals surface area contributed by atoms with Crippen LogP contribution in [0.5, 0.6) is 17.2 Å². The molecule has 2 heterocycles. The number of hydrogen-bond acceptors (Lipinski definition) is 8. The molecule has 10 heteroatoms. The highest BCUT2D eigenvalue weighted by atomic mass is 19.2. The maximum absolute atomic E-state index is 14.9. The second kappa shape index (κ2) is 16.1. The molecule has 4 rings (SSSR count). The third-order valence-electron chi connectivity index (χ3n) is 7.09. The van der Waals surface area contributed by atoms with Crippen LogP contribution in [0.4, 0.5) is 8.78 Å². The lowest BCUT2D eigenvalue weighted by atomic mass is 10.1. The van der Waals surface area contributed by atoms with E-state index in [4.69, 9.17) is 18.9 Å². The van der Waals surface area contributed by atoms with Gasteiger partial charge in [-0.05, 0) is 37.1 Å². The number of nitrogens with zero attached hydrogens (tertiary/aromatic N) is 2. The first-order valence-electron chi connectivity index (χ1n) is 15.0. The van der Waals surface area contributed by atoms with Crippen LogP contribution in [0.2, 0.25) is 0 Å². The molecule has 0 unspecified atom stereocenters. The normalized spacial score (nSPS) is 15.6. The summed E-state index contributed by atoms with van der Waals surface area (Å²) in [6.45, 7) is 4.45. The molecule has 2 atom stereocenters. The Morgan fingerprint density at radius 1 is 0.814 bits per heavy atom. The zero-order chi connectivity index (χ0) is 30.6. The highest BCUT2D eigenvalue weighted by Crippen LogP contribution is 2.31. The highest BCUT2D eigenvalue weighted by molar-refractivity contribution is 5.92. The summed E-state index contributed by atoms with van der Waals surface area (Å²) in [5.41, 5.74) is -0.243. The molecule has 2 aromatic carbocycles. The van der Waals surface area contributed by atoms with Crippen molar-refractivity contribution >= 4 is 11.9 Å². The molecule has 1 aliphatic rings. The van der Waals surface area contributed by atoms with Crippen molar-refractivity contribution in [1.82, 2.24) is 9.97 Å². The summed E-state index contributed by atoms with van der Waals surface area (Å²) in [5.74, 6) is -4.09. The third-order valence-corrected chi connectivity index (χ3v) is 7.09. The fourth-order valence-electron chi connectivity index (χ4n) is 4.65. The van der Waals surface area contributed by atoms with Crippen LogP contribution in [-0.2, 0) is 9.53 Å². The van der Waals surface area contributed by atoms with Crippen molar-refractivity contribution in [3.63, 3.8) is 0 Å². The van der Waals surface area contributed by atoms with Gasteiger partial charge in [0.05, 0.1) is 36.2 Å². The number of carbonyl (C=O) groups excluding carboxylic acids is 2. The quantitative estimate of drug-likeness (QED) is 0.0679. The van der Waals surface area contributed by atoms with Crippen LogP contribution in [0.1, 0.15) is 88.4 Å². The number of rotatable bonds is 17. The van der Waals surface area contributed by atoms with Crippen LogP contribution in [-0.4, -0.2) is 40.7 Å². The van der Waals surface area contributed by atoms with Crippen LogP contribution in [0, 0.1) is 11.6 Å². The van der Waals surface area contributed by atoms with E-state index in [1.807, 2.05) is 6.92 Å². The summed E-state index contributed by atoms with van der Waals surface area (Å²) >= 11 is 0. The molecule has 1 fully saturated rings. The molecule has 1 aliphatic heterocycles. The Bertz CT molecular complexity index is 1370. The average molecular weight is 597 g/mol. The summed E-state index contributed by atoms with van der Waals surface area (Å²) < 4.78 is 51.1. The van der Waals surface area contributed by atoms with E-state index in [9.17, 15) is 18.4 Å². The predicted octanol–water partition coefficient (Wildman–Crippen LogP) is 7.63. The molecular weight excluding hydrogens is 558 g/mol.